The third-order valence-corrected chi connectivity index (χ3v) is 5.57. The van der Waals surface area contributed by atoms with Crippen LogP contribution in [-0.4, -0.2) is 43.8 Å². The first-order valence-corrected chi connectivity index (χ1v) is 9.00. The number of carbonyl (C=O) groups is 4. The summed E-state index contributed by atoms with van der Waals surface area (Å²) in [5.74, 6) is -4.45. The lowest BCUT2D eigenvalue weighted by atomic mass is 9.69. The van der Waals surface area contributed by atoms with Crippen molar-refractivity contribution in [2.45, 2.75) is 45.1 Å². The minimum atomic E-state index is -1.63. The van der Waals surface area contributed by atoms with Crippen LogP contribution in [0.15, 0.2) is 23.3 Å². The smallest absolute Gasteiger partial charge is 0.340 e. The zero-order valence-corrected chi connectivity index (χ0v) is 15.6. The fourth-order valence-electron chi connectivity index (χ4n) is 4.03. The third-order valence-electron chi connectivity index (χ3n) is 5.57. The SMILES string of the molecule is COC(=O)C1=C(NC2CCCCC2)OC2=CC(=O)C(=O)[C@]2(C)[C@@H]1C(=O)OC. The molecule has 0 aromatic heterocycles. The quantitative estimate of drug-likeness (QED) is 0.574. The van der Waals surface area contributed by atoms with Gasteiger partial charge < -0.3 is 19.5 Å². The van der Waals surface area contributed by atoms with E-state index in [-0.39, 0.29) is 23.3 Å². The van der Waals surface area contributed by atoms with Gasteiger partial charge in [0.1, 0.15) is 22.7 Å². The van der Waals surface area contributed by atoms with Gasteiger partial charge in [0.25, 0.3) is 0 Å². The summed E-state index contributed by atoms with van der Waals surface area (Å²) in [6.45, 7) is 1.41. The Morgan fingerprint density at radius 1 is 1.15 bits per heavy atom. The Kier molecular flexibility index (Phi) is 5.08. The van der Waals surface area contributed by atoms with Crippen LogP contribution in [0.1, 0.15) is 39.0 Å². The molecule has 27 heavy (non-hydrogen) atoms. The van der Waals surface area contributed by atoms with Crippen LogP contribution in [0, 0.1) is 11.3 Å². The Balaban J connectivity index is 2.12. The minimum Gasteiger partial charge on any atom is -0.469 e. The van der Waals surface area contributed by atoms with Crippen LogP contribution in [0.3, 0.4) is 0 Å². The Morgan fingerprint density at radius 2 is 1.81 bits per heavy atom. The van der Waals surface area contributed by atoms with Crippen LogP contribution in [-0.2, 0) is 33.4 Å². The van der Waals surface area contributed by atoms with Crippen molar-refractivity contribution < 1.29 is 33.4 Å². The fraction of sp³-hybridized carbons (Fsp3) is 0.579. The first-order chi connectivity index (χ1) is 12.8. The van der Waals surface area contributed by atoms with E-state index in [9.17, 15) is 19.2 Å². The number of ether oxygens (including phenoxy) is 3. The second-order valence-electron chi connectivity index (χ2n) is 7.18. The highest BCUT2D eigenvalue weighted by Gasteiger charge is 2.61. The molecule has 0 bridgehead atoms. The van der Waals surface area contributed by atoms with Crippen LogP contribution in [0.25, 0.3) is 0 Å². The largest absolute Gasteiger partial charge is 0.469 e. The second kappa shape index (κ2) is 7.17. The number of hydrogen-bond acceptors (Lipinski definition) is 8. The molecule has 8 heteroatoms. The number of hydrogen-bond donors (Lipinski definition) is 1. The Morgan fingerprint density at radius 3 is 2.41 bits per heavy atom. The average molecular weight is 377 g/mol. The van der Waals surface area contributed by atoms with E-state index in [1.807, 2.05) is 0 Å². The molecule has 3 rings (SSSR count). The normalized spacial score (nSPS) is 28.3. The summed E-state index contributed by atoms with van der Waals surface area (Å²) in [5, 5.41) is 3.18. The van der Waals surface area contributed by atoms with Crippen molar-refractivity contribution in [3.05, 3.63) is 23.3 Å². The first-order valence-electron chi connectivity index (χ1n) is 9.00. The molecule has 2 aliphatic carbocycles. The number of fused-ring (bicyclic) bond motifs is 1. The second-order valence-corrected chi connectivity index (χ2v) is 7.18. The van der Waals surface area contributed by atoms with Gasteiger partial charge in [0.05, 0.1) is 14.2 Å². The molecular weight excluding hydrogens is 354 g/mol. The summed E-state index contributed by atoms with van der Waals surface area (Å²) in [4.78, 5) is 49.7. The predicted molar refractivity (Wildman–Crippen MR) is 91.8 cm³/mol. The molecule has 0 radical (unpaired) electrons. The van der Waals surface area contributed by atoms with Gasteiger partial charge in [-0.3, -0.25) is 14.4 Å². The summed E-state index contributed by atoms with van der Waals surface area (Å²) in [6, 6.07) is 0.0597. The molecule has 3 aliphatic rings. The van der Waals surface area contributed by atoms with E-state index >= 15 is 0 Å². The Labute approximate surface area is 156 Å². The molecule has 1 aliphatic heterocycles. The van der Waals surface area contributed by atoms with Crippen LogP contribution in [0.5, 0.6) is 0 Å². The topological polar surface area (TPSA) is 108 Å². The first kappa shape index (κ1) is 19.1. The highest BCUT2D eigenvalue weighted by molar-refractivity contribution is 6.47. The van der Waals surface area contributed by atoms with Crippen molar-refractivity contribution in [1.82, 2.24) is 5.32 Å². The molecule has 0 aromatic carbocycles. The average Bonchev–Trinajstić information content (AvgIpc) is 2.90. The third kappa shape index (κ3) is 3.02. The van der Waals surface area contributed by atoms with E-state index in [4.69, 9.17) is 14.2 Å². The molecule has 2 atom stereocenters. The maximum absolute atomic E-state index is 12.6. The number of nitrogens with one attached hydrogen (secondary N) is 1. The van der Waals surface area contributed by atoms with E-state index in [2.05, 4.69) is 5.32 Å². The zero-order chi connectivity index (χ0) is 19.8. The molecule has 0 amide bonds. The van der Waals surface area contributed by atoms with E-state index in [1.54, 1.807) is 0 Å². The highest BCUT2D eigenvalue weighted by Crippen LogP contribution is 2.50. The zero-order valence-electron chi connectivity index (χ0n) is 15.6. The molecule has 1 saturated carbocycles. The van der Waals surface area contributed by atoms with Gasteiger partial charge in [-0.1, -0.05) is 19.3 Å². The minimum absolute atomic E-state index is 0.0406. The Hall–Kier alpha value is -2.64. The number of ketones is 2. The Bertz CT molecular complexity index is 760. The van der Waals surface area contributed by atoms with Gasteiger partial charge in [-0.25, -0.2) is 4.79 Å². The van der Waals surface area contributed by atoms with Gasteiger partial charge in [-0.05, 0) is 19.8 Å². The van der Waals surface area contributed by atoms with Crippen LogP contribution < -0.4 is 5.32 Å². The lowest BCUT2D eigenvalue weighted by molar-refractivity contribution is -0.156. The van der Waals surface area contributed by atoms with Crippen LogP contribution >= 0.6 is 0 Å². The molecule has 1 N–H and O–H groups in total. The summed E-state index contributed by atoms with van der Waals surface area (Å²) in [7, 11) is 2.34. The van der Waals surface area contributed by atoms with E-state index in [0.29, 0.717) is 0 Å². The monoisotopic (exact) mass is 377 g/mol. The standard InChI is InChI=1S/C19H23NO7/c1-19-12(9-11(21)15(19)22)27-16(20-10-7-5-4-6-8-10)13(17(23)25-2)14(19)18(24)26-3/h9-10,14,20H,4-8H2,1-3H3/t14-,19-/m0/s1. The van der Waals surface area contributed by atoms with Crippen molar-refractivity contribution in [1.29, 1.82) is 0 Å². The number of allylic oxidation sites excluding steroid dienone is 2. The molecule has 8 nitrogen and oxygen atoms in total. The molecule has 0 saturated heterocycles. The number of methoxy groups -OCH3 is 2. The van der Waals surface area contributed by atoms with Crippen LogP contribution in [0.2, 0.25) is 0 Å². The van der Waals surface area contributed by atoms with Gasteiger partial charge in [-0.2, -0.15) is 0 Å². The van der Waals surface area contributed by atoms with E-state index in [0.717, 1.165) is 45.3 Å². The van der Waals surface area contributed by atoms with Crippen molar-refractivity contribution in [2.75, 3.05) is 14.2 Å². The fourth-order valence-corrected chi connectivity index (χ4v) is 4.03. The van der Waals surface area contributed by atoms with Crippen molar-refractivity contribution in [3.8, 4) is 0 Å². The van der Waals surface area contributed by atoms with Crippen LogP contribution in [0.4, 0.5) is 0 Å². The number of Topliss-reactive ketones (excluding diaryl/α,β-unsaturated/α-hetero) is 1. The van der Waals surface area contributed by atoms with Gasteiger partial charge in [0.15, 0.2) is 0 Å². The van der Waals surface area contributed by atoms with Gasteiger partial charge in [0.2, 0.25) is 17.4 Å². The molecule has 1 heterocycles. The van der Waals surface area contributed by atoms with E-state index in [1.165, 1.54) is 14.0 Å². The lowest BCUT2D eigenvalue weighted by Crippen LogP contribution is -2.49. The molecule has 0 aromatic rings. The molecule has 1 fully saturated rings. The van der Waals surface area contributed by atoms with Crippen molar-refractivity contribution in [3.63, 3.8) is 0 Å². The number of rotatable bonds is 4. The number of carbonyl (C=O) groups excluding carboxylic acids is 4. The lowest BCUT2D eigenvalue weighted by Gasteiger charge is -2.39. The van der Waals surface area contributed by atoms with Crippen molar-refractivity contribution >= 4 is 23.5 Å². The van der Waals surface area contributed by atoms with Gasteiger partial charge >= 0.3 is 11.9 Å². The van der Waals surface area contributed by atoms with Gasteiger partial charge in [-0.15, -0.1) is 0 Å². The summed E-state index contributed by atoms with van der Waals surface area (Å²) < 4.78 is 15.5. The highest BCUT2D eigenvalue weighted by atomic mass is 16.5. The predicted octanol–water partition coefficient (Wildman–Crippen LogP) is 1.15. The number of esters is 2. The molecule has 0 spiro atoms. The molecular formula is C19H23NO7. The van der Waals surface area contributed by atoms with Gasteiger partial charge in [0, 0.05) is 12.1 Å². The molecule has 146 valence electrons. The van der Waals surface area contributed by atoms with E-state index < -0.39 is 34.8 Å². The summed E-state index contributed by atoms with van der Waals surface area (Å²) in [6.07, 6.45) is 6.07. The van der Waals surface area contributed by atoms with Crippen molar-refractivity contribution in [2.24, 2.45) is 11.3 Å². The molecule has 0 unspecified atom stereocenters. The summed E-state index contributed by atoms with van der Waals surface area (Å²) in [5.41, 5.74) is -1.76. The maximum atomic E-state index is 12.6. The summed E-state index contributed by atoms with van der Waals surface area (Å²) >= 11 is 0. The maximum Gasteiger partial charge on any atom is 0.340 e.